The van der Waals surface area contributed by atoms with Crippen molar-refractivity contribution in [3.8, 4) is 0 Å². The number of hydrogen-bond donors (Lipinski definition) is 1. The number of carbonyl (C=O) groups excluding carboxylic acids is 1. The van der Waals surface area contributed by atoms with E-state index in [2.05, 4.69) is 0 Å². The van der Waals surface area contributed by atoms with Crippen LogP contribution in [0.2, 0.25) is 0 Å². The number of rotatable bonds is 4. The van der Waals surface area contributed by atoms with Crippen LogP contribution >= 0.6 is 11.8 Å². The summed E-state index contributed by atoms with van der Waals surface area (Å²) in [6.45, 7) is 2.96. The van der Waals surface area contributed by atoms with Crippen molar-refractivity contribution in [1.29, 1.82) is 0 Å². The van der Waals surface area contributed by atoms with E-state index in [-0.39, 0.29) is 6.54 Å². The topological polar surface area (TPSA) is 29.1 Å². The van der Waals surface area contributed by atoms with Crippen LogP contribution in [-0.4, -0.2) is 35.6 Å². The van der Waals surface area contributed by atoms with E-state index < -0.39 is 22.8 Å². The quantitative estimate of drug-likeness (QED) is 0.791. The molecule has 1 amide bonds. The molecule has 0 aliphatic heterocycles. The van der Waals surface area contributed by atoms with Crippen LogP contribution in [0.1, 0.15) is 13.8 Å². The molecule has 0 radical (unpaired) electrons. The molecule has 0 saturated carbocycles. The van der Waals surface area contributed by atoms with Gasteiger partial charge in [0.15, 0.2) is 0 Å². The summed E-state index contributed by atoms with van der Waals surface area (Å²) < 4.78 is 59.6. The lowest BCUT2D eigenvalue weighted by atomic mass is 10.2. The molecule has 0 aromatic rings. The molecule has 0 aromatic heterocycles. The van der Waals surface area contributed by atoms with Crippen molar-refractivity contribution in [1.82, 2.24) is 5.32 Å². The summed E-state index contributed by atoms with van der Waals surface area (Å²) in [6, 6.07) is 0. The second-order valence-corrected chi connectivity index (χ2v) is 5.23. The van der Waals surface area contributed by atoms with E-state index >= 15 is 0 Å². The van der Waals surface area contributed by atoms with Gasteiger partial charge < -0.3 is 5.32 Å². The molecule has 2 nitrogen and oxygen atoms in total. The highest BCUT2D eigenvalue weighted by molar-refractivity contribution is 7.99. The molecule has 96 valence electrons. The summed E-state index contributed by atoms with van der Waals surface area (Å²) in [4.78, 5) is 10.7. The lowest BCUT2D eigenvalue weighted by Gasteiger charge is -2.24. The van der Waals surface area contributed by atoms with Gasteiger partial charge in [0.05, 0.1) is 0 Å². The van der Waals surface area contributed by atoms with Gasteiger partial charge >= 0.3 is 12.1 Å². The maximum Gasteiger partial charge on any atom is 0.463 e. The van der Waals surface area contributed by atoms with Gasteiger partial charge in [-0.05, 0) is 20.1 Å². The Labute approximate surface area is 94.0 Å². The van der Waals surface area contributed by atoms with Crippen LogP contribution in [0.15, 0.2) is 0 Å². The molecule has 0 bridgehead atoms. The van der Waals surface area contributed by atoms with Gasteiger partial charge in [-0.3, -0.25) is 4.79 Å². The van der Waals surface area contributed by atoms with Crippen molar-refractivity contribution in [3.63, 3.8) is 0 Å². The summed E-state index contributed by atoms with van der Waals surface area (Å²) in [5.41, 5.74) is 0. The van der Waals surface area contributed by atoms with Crippen molar-refractivity contribution in [3.05, 3.63) is 0 Å². The normalized spacial score (nSPS) is 13.8. The smallest absolute Gasteiger partial charge is 0.349 e. The fourth-order valence-electron chi connectivity index (χ4n) is 0.605. The molecule has 0 unspecified atom stereocenters. The molecule has 0 fully saturated rings. The SMILES string of the molecule is CSC(C)(C)CNC(=O)C(F)(F)C(F)(F)F. The van der Waals surface area contributed by atoms with Crippen molar-refractivity contribution in [2.75, 3.05) is 12.8 Å². The van der Waals surface area contributed by atoms with Crippen molar-refractivity contribution < 1.29 is 26.7 Å². The zero-order valence-corrected chi connectivity index (χ0v) is 9.73. The van der Waals surface area contributed by atoms with Crippen LogP contribution in [0.4, 0.5) is 22.0 Å². The average Bonchev–Trinajstić information content (AvgIpc) is 2.12. The Morgan fingerprint density at radius 1 is 1.19 bits per heavy atom. The van der Waals surface area contributed by atoms with E-state index in [1.807, 2.05) is 0 Å². The van der Waals surface area contributed by atoms with Gasteiger partial charge in [-0.25, -0.2) is 0 Å². The van der Waals surface area contributed by atoms with Gasteiger partial charge in [-0.1, -0.05) is 0 Å². The molecule has 0 saturated heterocycles. The van der Waals surface area contributed by atoms with E-state index in [9.17, 15) is 26.7 Å². The highest BCUT2D eigenvalue weighted by Gasteiger charge is 2.63. The van der Waals surface area contributed by atoms with Crippen LogP contribution in [-0.2, 0) is 4.79 Å². The predicted molar refractivity (Wildman–Crippen MR) is 51.6 cm³/mol. The molecule has 0 aliphatic carbocycles. The van der Waals surface area contributed by atoms with Crippen molar-refractivity contribution in [2.45, 2.75) is 30.7 Å². The zero-order valence-electron chi connectivity index (χ0n) is 8.91. The minimum absolute atomic E-state index is 0.265. The van der Waals surface area contributed by atoms with E-state index in [1.54, 1.807) is 25.4 Å². The molecule has 0 spiro atoms. The van der Waals surface area contributed by atoms with Gasteiger partial charge in [0.25, 0.3) is 5.91 Å². The van der Waals surface area contributed by atoms with Crippen molar-refractivity contribution >= 4 is 17.7 Å². The summed E-state index contributed by atoms with van der Waals surface area (Å²) in [6.07, 6.45) is -4.20. The Kier molecular flexibility index (Phi) is 4.61. The number of amides is 1. The number of halogens is 5. The van der Waals surface area contributed by atoms with Crippen LogP contribution < -0.4 is 5.32 Å². The van der Waals surface area contributed by atoms with Crippen molar-refractivity contribution in [2.24, 2.45) is 0 Å². The molecule has 16 heavy (non-hydrogen) atoms. The maximum absolute atomic E-state index is 12.5. The molecule has 0 atom stereocenters. The van der Waals surface area contributed by atoms with Crippen LogP contribution in [0.3, 0.4) is 0 Å². The second-order valence-electron chi connectivity index (χ2n) is 3.72. The minimum Gasteiger partial charge on any atom is -0.349 e. The first-order valence-corrected chi connectivity index (χ1v) is 5.44. The summed E-state index contributed by atoms with van der Waals surface area (Å²) in [5, 5.41) is 1.59. The fourth-order valence-corrected chi connectivity index (χ4v) is 0.822. The van der Waals surface area contributed by atoms with Crippen LogP contribution in [0, 0.1) is 0 Å². The first-order chi connectivity index (χ1) is 6.94. The largest absolute Gasteiger partial charge is 0.463 e. The number of alkyl halides is 5. The standard InChI is InChI=1S/C8H12F5NOS/c1-6(2,16-3)4-14-5(15)7(9,10)8(11,12)13/h4H2,1-3H3,(H,14,15). The second kappa shape index (κ2) is 4.77. The molecular weight excluding hydrogens is 253 g/mol. The van der Waals surface area contributed by atoms with Gasteiger partial charge in [0.1, 0.15) is 0 Å². The highest BCUT2D eigenvalue weighted by atomic mass is 32.2. The predicted octanol–water partition coefficient (Wildman–Crippen LogP) is 2.44. The molecule has 0 heterocycles. The van der Waals surface area contributed by atoms with Gasteiger partial charge in [-0.15, -0.1) is 0 Å². The first-order valence-electron chi connectivity index (χ1n) is 4.22. The number of carbonyl (C=O) groups is 1. The molecule has 8 heteroatoms. The monoisotopic (exact) mass is 265 g/mol. The van der Waals surface area contributed by atoms with E-state index in [0.29, 0.717) is 0 Å². The summed E-state index contributed by atoms with van der Waals surface area (Å²) in [5.74, 6) is -7.66. The van der Waals surface area contributed by atoms with Gasteiger partial charge in [0.2, 0.25) is 0 Å². The Morgan fingerprint density at radius 3 is 1.94 bits per heavy atom. The number of nitrogens with one attached hydrogen (secondary N) is 1. The molecule has 0 rings (SSSR count). The molecule has 0 aromatic carbocycles. The Balaban J connectivity index is 4.50. The summed E-state index contributed by atoms with van der Waals surface area (Å²) >= 11 is 1.25. The maximum atomic E-state index is 12.5. The fraction of sp³-hybridized carbons (Fsp3) is 0.875. The first kappa shape index (κ1) is 15.5. The van der Waals surface area contributed by atoms with E-state index in [0.717, 1.165) is 0 Å². The Morgan fingerprint density at radius 2 is 1.62 bits per heavy atom. The number of thioether (sulfide) groups is 1. The Bertz CT molecular complexity index is 264. The highest BCUT2D eigenvalue weighted by Crippen LogP contribution is 2.35. The molecule has 0 aliphatic rings. The molecular formula is C8H12F5NOS. The zero-order chi connectivity index (χ0) is 13.2. The lowest BCUT2D eigenvalue weighted by Crippen LogP contribution is -2.52. The third kappa shape index (κ3) is 3.80. The van der Waals surface area contributed by atoms with E-state index in [4.69, 9.17) is 0 Å². The minimum atomic E-state index is -5.86. The average molecular weight is 265 g/mol. The number of hydrogen-bond acceptors (Lipinski definition) is 2. The Hall–Kier alpha value is -0.530. The summed E-state index contributed by atoms with van der Waals surface area (Å²) in [7, 11) is 0. The lowest BCUT2D eigenvalue weighted by molar-refractivity contribution is -0.269. The van der Waals surface area contributed by atoms with Crippen LogP contribution in [0.25, 0.3) is 0 Å². The third-order valence-corrected chi connectivity index (χ3v) is 3.12. The van der Waals surface area contributed by atoms with Gasteiger partial charge in [0, 0.05) is 11.3 Å². The van der Waals surface area contributed by atoms with Crippen LogP contribution in [0.5, 0.6) is 0 Å². The molecule has 1 N–H and O–H groups in total. The third-order valence-electron chi connectivity index (χ3n) is 1.87. The van der Waals surface area contributed by atoms with Gasteiger partial charge in [-0.2, -0.15) is 33.7 Å². The van der Waals surface area contributed by atoms with E-state index in [1.165, 1.54) is 11.8 Å².